The number of carbonyl (C=O) groups is 1. The normalized spacial score (nSPS) is 9.80. The van der Waals surface area contributed by atoms with E-state index in [0.29, 0.717) is 0 Å². The molecule has 1 heterocycles. The van der Waals surface area contributed by atoms with Gasteiger partial charge in [-0.25, -0.2) is 9.89 Å². The van der Waals surface area contributed by atoms with E-state index in [0.717, 1.165) is 0 Å². The Morgan fingerprint density at radius 3 is 2.40 bits per heavy atom. The number of hydrogen-bond acceptors (Lipinski definition) is 2. The van der Waals surface area contributed by atoms with Gasteiger partial charge in [0.15, 0.2) is 0 Å². The van der Waals surface area contributed by atoms with E-state index >= 15 is 0 Å². The highest BCUT2D eigenvalue weighted by molar-refractivity contribution is 5.85. The summed E-state index contributed by atoms with van der Waals surface area (Å²) in [5, 5.41) is 12.5. The highest BCUT2D eigenvalue weighted by atomic mass is 19.2. The third kappa shape index (κ3) is 0.831. The number of hydrogen-bond donors (Lipinski definition) is 2. The summed E-state index contributed by atoms with van der Waals surface area (Å²) in [7, 11) is 0. The molecule has 0 unspecified atom stereocenters. The third-order valence-electron chi connectivity index (χ3n) is 0.869. The Bertz CT molecular complexity index is 270. The molecule has 0 saturated heterocycles. The molecule has 4 nitrogen and oxygen atoms in total. The third-order valence-corrected chi connectivity index (χ3v) is 0.869. The molecule has 0 aliphatic carbocycles. The second-order valence-corrected chi connectivity index (χ2v) is 1.51. The zero-order valence-electron chi connectivity index (χ0n) is 4.56. The molecule has 0 aliphatic heterocycles. The summed E-state index contributed by atoms with van der Waals surface area (Å²) in [6, 6.07) is 0. The van der Waals surface area contributed by atoms with Crippen LogP contribution in [-0.4, -0.2) is 21.3 Å². The van der Waals surface area contributed by atoms with Gasteiger partial charge in [-0.3, -0.25) is 0 Å². The van der Waals surface area contributed by atoms with Crippen LogP contribution in [0.15, 0.2) is 0 Å². The van der Waals surface area contributed by atoms with Crippen molar-refractivity contribution >= 4 is 5.97 Å². The summed E-state index contributed by atoms with van der Waals surface area (Å²) >= 11 is 0. The maximum atomic E-state index is 12.2. The average molecular weight is 148 g/mol. The van der Waals surface area contributed by atoms with Gasteiger partial charge in [0, 0.05) is 0 Å². The molecule has 0 bridgehead atoms. The molecule has 0 spiro atoms. The van der Waals surface area contributed by atoms with Crippen molar-refractivity contribution in [3.05, 3.63) is 17.5 Å². The van der Waals surface area contributed by atoms with Crippen LogP contribution in [0.4, 0.5) is 8.78 Å². The fourth-order valence-corrected chi connectivity index (χ4v) is 0.449. The first-order valence-corrected chi connectivity index (χ1v) is 2.25. The van der Waals surface area contributed by atoms with Crippen LogP contribution in [0.2, 0.25) is 0 Å². The quantitative estimate of drug-likeness (QED) is 0.605. The highest BCUT2D eigenvalue weighted by Gasteiger charge is 2.18. The van der Waals surface area contributed by atoms with Gasteiger partial charge in [-0.15, -0.1) is 0 Å². The second-order valence-electron chi connectivity index (χ2n) is 1.51. The van der Waals surface area contributed by atoms with E-state index in [2.05, 4.69) is 5.10 Å². The number of carboxylic acid groups (broad SMARTS) is 1. The summed E-state index contributed by atoms with van der Waals surface area (Å²) in [6.45, 7) is 0. The van der Waals surface area contributed by atoms with Crippen LogP contribution >= 0.6 is 0 Å². The summed E-state index contributed by atoms with van der Waals surface area (Å²) in [5.41, 5.74) is -0.933. The van der Waals surface area contributed by atoms with E-state index in [1.807, 2.05) is 0 Å². The number of rotatable bonds is 1. The van der Waals surface area contributed by atoms with Crippen molar-refractivity contribution in [1.82, 2.24) is 10.2 Å². The standard InChI is InChI=1S/C4H2F2N2O2/c5-1-2(4(9)10)7-8-3(1)6/h(H,7,8)(H,9,10). The van der Waals surface area contributed by atoms with Crippen LogP contribution in [0.25, 0.3) is 0 Å². The number of carboxylic acids is 1. The van der Waals surface area contributed by atoms with Gasteiger partial charge in [0.1, 0.15) is 0 Å². The lowest BCUT2D eigenvalue weighted by molar-refractivity contribution is 0.0685. The minimum Gasteiger partial charge on any atom is -0.476 e. The van der Waals surface area contributed by atoms with Gasteiger partial charge < -0.3 is 5.11 Å². The zero-order valence-corrected chi connectivity index (χ0v) is 4.56. The maximum absolute atomic E-state index is 12.2. The predicted molar refractivity (Wildman–Crippen MR) is 25.5 cm³/mol. The molecule has 0 aliphatic rings. The highest BCUT2D eigenvalue weighted by Crippen LogP contribution is 2.05. The molecule has 0 amide bonds. The van der Waals surface area contributed by atoms with Crippen molar-refractivity contribution in [2.24, 2.45) is 0 Å². The van der Waals surface area contributed by atoms with Gasteiger partial charge in [-0.05, 0) is 0 Å². The van der Waals surface area contributed by atoms with Crippen molar-refractivity contribution in [1.29, 1.82) is 0 Å². The van der Waals surface area contributed by atoms with Gasteiger partial charge in [-0.1, -0.05) is 0 Å². The Hall–Kier alpha value is -1.46. The predicted octanol–water partition coefficient (Wildman–Crippen LogP) is 0.386. The van der Waals surface area contributed by atoms with E-state index in [1.165, 1.54) is 0 Å². The molecule has 1 aromatic rings. The summed E-state index contributed by atoms with van der Waals surface area (Å²) < 4.78 is 24.1. The number of nitrogens with zero attached hydrogens (tertiary/aromatic N) is 1. The van der Waals surface area contributed by atoms with Crippen LogP contribution in [0.5, 0.6) is 0 Å². The Morgan fingerprint density at radius 2 is 2.20 bits per heavy atom. The van der Waals surface area contributed by atoms with Gasteiger partial charge in [-0.2, -0.15) is 13.9 Å². The number of aromatic amines is 1. The SMILES string of the molecule is O=C(O)c1n[nH]c(F)c1F. The lowest BCUT2D eigenvalue weighted by atomic mass is 10.4. The molecule has 0 saturated carbocycles. The molecule has 0 radical (unpaired) electrons. The van der Waals surface area contributed by atoms with Crippen LogP contribution in [0.3, 0.4) is 0 Å². The minimum absolute atomic E-state index is 0.933. The number of aromatic carboxylic acids is 1. The first kappa shape index (κ1) is 6.66. The van der Waals surface area contributed by atoms with Gasteiger partial charge in [0.2, 0.25) is 17.5 Å². The topological polar surface area (TPSA) is 66.0 Å². The van der Waals surface area contributed by atoms with Gasteiger partial charge >= 0.3 is 5.97 Å². The second kappa shape index (κ2) is 2.05. The number of halogens is 2. The van der Waals surface area contributed by atoms with E-state index in [-0.39, 0.29) is 0 Å². The van der Waals surface area contributed by atoms with Crippen LogP contribution in [0.1, 0.15) is 10.5 Å². The average Bonchev–Trinajstić information content (AvgIpc) is 2.14. The first-order chi connectivity index (χ1) is 4.63. The van der Waals surface area contributed by atoms with Crippen LogP contribution in [0, 0.1) is 11.8 Å². The maximum Gasteiger partial charge on any atom is 0.359 e. The molecular weight excluding hydrogens is 146 g/mol. The molecule has 10 heavy (non-hydrogen) atoms. The zero-order chi connectivity index (χ0) is 7.72. The van der Waals surface area contributed by atoms with Crippen molar-refractivity contribution in [3.63, 3.8) is 0 Å². The summed E-state index contributed by atoms with van der Waals surface area (Å²) in [6.07, 6.45) is 0. The van der Waals surface area contributed by atoms with Crippen LogP contribution < -0.4 is 0 Å². The Kier molecular flexibility index (Phi) is 1.37. The van der Waals surface area contributed by atoms with Crippen molar-refractivity contribution < 1.29 is 18.7 Å². The number of aromatic nitrogens is 2. The lowest BCUT2D eigenvalue weighted by Gasteiger charge is -1.81. The molecule has 6 heteroatoms. The fourth-order valence-electron chi connectivity index (χ4n) is 0.449. The molecule has 1 rings (SSSR count). The largest absolute Gasteiger partial charge is 0.476 e. The van der Waals surface area contributed by atoms with Crippen LogP contribution in [-0.2, 0) is 0 Å². The Balaban J connectivity index is 3.17. The van der Waals surface area contributed by atoms with Crippen molar-refractivity contribution in [3.8, 4) is 0 Å². The van der Waals surface area contributed by atoms with Gasteiger partial charge in [0.05, 0.1) is 0 Å². The fraction of sp³-hybridized carbons (Fsp3) is 0. The smallest absolute Gasteiger partial charge is 0.359 e. The molecule has 1 aromatic heterocycles. The Morgan fingerprint density at radius 1 is 1.60 bits per heavy atom. The van der Waals surface area contributed by atoms with E-state index in [1.54, 1.807) is 5.10 Å². The number of H-pyrrole nitrogens is 1. The summed E-state index contributed by atoms with van der Waals surface area (Å²) in [4.78, 5) is 9.95. The number of nitrogens with one attached hydrogen (secondary N) is 1. The molecular formula is C4H2F2N2O2. The molecule has 2 N–H and O–H groups in total. The minimum atomic E-state index is -1.60. The monoisotopic (exact) mass is 148 g/mol. The molecule has 0 fully saturated rings. The van der Waals surface area contributed by atoms with E-state index in [9.17, 15) is 13.6 Å². The van der Waals surface area contributed by atoms with E-state index in [4.69, 9.17) is 5.11 Å². The molecule has 0 atom stereocenters. The summed E-state index contributed by atoms with van der Waals surface area (Å²) in [5.74, 6) is -4.43. The van der Waals surface area contributed by atoms with Gasteiger partial charge in [0.25, 0.3) is 0 Å². The first-order valence-electron chi connectivity index (χ1n) is 2.25. The molecule has 0 aromatic carbocycles. The molecule has 54 valence electrons. The van der Waals surface area contributed by atoms with E-state index < -0.39 is 23.4 Å². The van der Waals surface area contributed by atoms with Crippen molar-refractivity contribution in [2.75, 3.05) is 0 Å². The Labute approximate surface area is 53.5 Å². The van der Waals surface area contributed by atoms with Crippen molar-refractivity contribution in [2.45, 2.75) is 0 Å². The lowest BCUT2D eigenvalue weighted by Crippen LogP contribution is -1.99.